The van der Waals surface area contributed by atoms with Gasteiger partial charge in [-0.15, -0.1) is 0 Å². The van der Waals surface area contributed by atoms with Gasteiger partial charge in [-0.2, -0.15) is 0 Å². The summed E-state index contributed by atoms with van der Waals surface area (Å²) in [6.07, 6.45) is 0.0337. The first-order valence-electron chi connectivity index (χ1n) is 8.77. The third-order valence-electron chi connectivity index (χ3n) is 4.11. The van der Waals surface area contributed by atoms with Gasteiger partial charge in [-0.05, 0) is 55.0 Å². The largest absolute Gasteiger partial charge is 0.456 e. The van der Waals surface area contributed by atoms with Crippen LogP contribution < -0.4 is 15.2 Å². The molecule has 3 N–H and O–H groups in total. The number of rotatable bonds is 6. The minimum Gasteiger partial charge on any atom is -0.456 e. The summed E-state index contributed by atoms with van der Waals surface area (Å²) in [6, 6.07) is 16.1. The second kappa shape index (κ2) is 9.06. The molecule has 0 aliphatic heterocycles. The first-order valence-corrected chi connectivity index (χ1v) is 11.1. The van der Waals surface area contributed by atoms with Gasteiger partial charge in [0.2, 0.25) is 15.9 Å². The minimum atomic E-state index is -4.12. The van der Waals surface area contributed by atoms with Crippen LogP contribution in [0.1, 0.15) is 11.1 Å². The minimum absolute atomic E-state index is 0.0134. The van der Waals surface area contributed by atoms with Gasteiger partial charge in [-0.1, -0.05) is 47.0 Å². The van der Waals surface area contributed by atoms with Crippen LogP contribution >= 0.6 is 23.2 Å². The number of carbonyl (C=O) groups excluding carboxylic acids is 1. The third-order valence-corrected chi connectivity index (χ3v) is 5.65. The molecule has 0 aromatic heterocycles. The Kier molecular flexibility index (Phi) is 6.67. The molecule has 1 amide bonds. The molecule has 0 fully saturated rings. The van der Waals surface area contributed by atoms with Crippen molar-refractivity contribution in [1.29, 1.82) is 0 Å². The van der Waals surface area contributed by atoms with Crippen molar-refractivity contribution in [3.05, 3.63) is 81.8 Å². The molecule has 3 aromatic rings. The number of carbonyl (C=O) groups is 1. The van der Waals surface area contributed by atoms with Crippen LogP contribution in [-0.2, 0) is 21.2 Å². The molecule has 3 rings (SSSR count). The predicted molar refractivity (Wildman–Crippen MR) is 118 cm³/mol. The van der Waals surface area contributed by atoms with Crippen LogP contribution in [0, 0.1) is 6.92 Å². The Bertz CT molecular complexity index is 1210. The van der Waals surface area contributed by atoms with E-state index in [4.69, 9.17) is 33.1 Å². The van der Waals surface area contributed by atoms with E-state index in [2.05, 4.69) is 5.32 Å². The van der Waals surface area contributed by atoms with Crippen LogP contribution in [0.2, 0.25) is 10.0 Å². The fraction of sp³-hybridized carbons (Fsp3) is 0.0952. The van der Waals surface area contributed by atoms with E-state index in [1.165, 1.54) is 24.3 Å². The number of hydrogen-bond acceptors (Lipinski definition) is 4. The monoisotopic (exact) mass is 464 g/mol. The van der Waals surface area contributed by atoms with Gasteiger partial charge in [0, 0.05) is 15.7 Å². The maximum absolute atomic E-state index is 12.4. The summed E-state index contributed by atoms with van der Waals surface area (Å²) >= 11 is 12.1. The van der Waals surface area contributed by atoms with Crippen LogP contribution in [-0.4, -0.2) is 14.3 Å². The highest BCUT2D eigenvalue weighted by atomic mass is 35.5. The molecule has 156 valence electrons. The highest BCUT2D eigenvalue weighted by Gasteiger charge is 2.18. The molecule has 9 heteroatoms. The van der Waals surface area contributed by atoms with E-state index in [1.54, 1.807) is 24.3 Å². The van der Waals surface area contributed by atoms with Gasteiger partial charge in [0.15, 0.2) is 0 Å². The van der Waals surface area contributed by atoms with E-state index in [1.807, 2.05) is 19.1 Å². The van der Waals surface area contributed by atoms with Crippen molar-refractivity contribution in [2.75, 3.05) is 5.32 Å². The zero-order chi connectivity index (χ0) is 21.9. The lowest BCUT2D eigenvalue weighted by molar-refractivity contribution is -0.115. The van der Waals surface area contributed by atoms with E-state index in [0.29, 0.717) is 21.4 Å². The third kappa shape index (κ3) is 5.73. The number of sulfonamides is 1. The van der Waals surface area contributed by atoms with Crippen LogP contribution in [0.3, 0.4) is 0 Å². The number of halogens is 2. The number of ether oxygens (including phenoxy) is 1. The van der Waals surface area contributed by atoms with Gasteiger partial charge in [0.05, 0.1) is 6.42 Å². The fourth-order valence-electron chi connectivity index (χ4n) is 2.77. The molecule has 0 saturated heterocycles. The Morgan fingerprint density at radius 1 is 1.07 bits per heavy atom. The van der Waals surface area contributed by atoms with Crippen LogP contribution in [0.5, 0.6) is 11.5 Å². The Labute approximate surface area is 184 Å². The number of primary sulfonamides is 1. The van der Waals surface area contributed by atoms with Crippen molar-refractivity contribution in [3.8, 4) is 11.5 Å². The summed E-state index contributed by atoms with van der Waals surface area (Å²) < 4.78 is 29.8. The van der Waals surface area contributed by atoms with Crippen molar-refractivity contribution in [3.63, 3.8) is 0 Å². The maximum atomic E-state index is 12.4. The van der Waals surface area contributed by atoms with Crippen LogP contribution in [0.15, 0.2) is 65.6 Å². The van der Waals surface area contributed by atoms with Crippen molar-refractivity contribution in [2.24, 2.45) is 5.14 Å². The Morgan fingerprint density at radius 2 is 1.83 bits per heavy atom. The lowest BCUT2D eigenvalue weighted by Crippen LogP contribution is -2.17. The Morgan fingerprint density at radius 3 is 2.53 bits per heavy atom. The lowest BCUT2D eigenvalue weighted by Gasteiger charge is -2.13. The summed E-state index contributed by atoms with van der Waals surface area (Å²) in [5, 5.41) is 8.90. The molecule has 0 bridgehead atoms. The van der Waals surface area contributed by atoms with Crippen molar-refractivity contribution >= 4 is 44.8 Å². The number of benzene rings is 3. The molecule has 0 aliphatic carbocycles. The first-order chi connectivity index (χ1) is 14.1. The van der Waals surface area contributed by atoms with Crippen molar-refractivity contribution < 1.29 is 17.9 Å². The quantitative estimate of drug-likeness (QED) is 0.540. The Balaban J connectivity index is 1.84. The molecule has 0 heterocycles. The predicted octanol–water partition coefficient (Wildman–Crippen LogP) is 4.92. The second-order valence-corrected chi connectivity index (χ2v) is 8.96. The van der Waals surface area contributed by atoms with Gasteiger partial charge in [0.1, 0.15) is 16.4 Å². The molecule has 0 spiro atoms. The molecule has 0 radical (unpaired) electrons. The number of nitrogens with two attached hydrogens (primary N) is 1. The maximum Gasteiger partial charge on any atom is 0.241 e. The highest BCUT2D eigenvalue weighted by molar-refractivity contribution is 7.89. The molecule has 0 saturated carbocycles. The van der Waals surface area contributed by atoms with Crippen LogP contribution in [0.25, 0.3) is 0 Å². The standard InChI is InChI=1S/C21H18Cl2N2O4S/c1-13-5-7-18(23)14(9-13)10-21(26)25-16-6-8-19(20(12-16)30(24,27)28)29-17-4-2-3-15(22)11-17/h2-9,11-12H,10H2,1H3,(H,25,26)(H2,24,27,28). The van der Waals surface area contributed by atoms with Crippen molar-refractivity contribution in [2.45, 2.75) is 18.2 Å². The average molecular weight is 465 g/mol. The first kappa shape index (κ1) is 22.1. The number of amides is 1. The average Bonchev–Trinajstić information content (AvgIpc) is 2.65. The molecule has 3 aromatic carbocycles. The summed E-state index contributed by atoms with van der Waals surface area (Å²) in [7, 11) is -4.12. The number of anilines is 1. The second-order valence-electron chi connectivity index (χ2n) is 6.59. The summed E-state index contributed by atoms with van der Waals surface area (Å²) in [6.45, 7) is 1.90. The van der Waals surface area contributed by atoms with E-state index >= 15 is 0 Å². The summed E-state index contributed by atoms with van der Waals surface area (Å²) in [5.41, 5.74) is 1.90. The summed E-state index contributed by atoms with van der Waals surface area (Å²) in [4.78, 5) is 12.2. The van der Waals surface area contributed by atoms with Gasteiger partial charge >= 0.3 is 0 Å². The zero-order valence-electron chi connectivity index (χ0n) is 15.9. The smallest absolute Gasteiger partial charge is 0.241 e. The van der Waals surface area contributed by atoms with Gasteiger partial charge in [-0.3, -0.25) is 4.79 Å². The topological polar surface area (TPSA) is 98.5 Å². The molecule has 0 aliphatic rings. The zero-order valence-corrected chi connectivity index (χ0v) is 18.2. The molecule has 0 unspecified atom stereocenters. The highest BCUT2D eigenvalue weighted by Crippen LogP contribution is 2.31. The van der Waals surface area contributed by atoms with E-state index in [-0.39, 0.29) is 28.7 Å². The fourth-order valence-corrected chi connectivity index (χ4v) is 3.81. The van der Waals surface area contributed by atoms with E-state index in [0.717, 1.165) is 5.56 Å². The van der Waals surface area contributed by atoms with E-state index in [9.17, 15) is 13.2 Å². The number of hydrogen-bond donors (Lipinski definition) is 2. The number of nitrogens with one attached hydrogen (secondary N) is 1. The van der Waals surface area contributed by atoms with Gasteiger partial charge in [0.25, 0.3) is 0 Å². The van der Waals surface area contributed by atoms with Gasteiger partial charge < -0.3 is 10.1 Å². The SMILES string of the molecule is Cc1ccc(Cl)c(CC(=O)Nc2ccc(Oc3cccc(Cl)c3)c(S(N)(=O)=O)c2)c1. The number of aryl methyl sites for hydroxylation is 1. The van der Waals surface area contributed by atoms with Gasteiger partial charge in [-0.25, -0.2) is 13.6 Å². The normalized spacial score (nSPS) is 11.2. The van der Waals surface area contributed by atoms with Crippen LogP contribution in [0.4, 0.5) is 5.69 Å². The molecular weight excluding hydrogens is 447 g/mol. The molecule has 6 nitrogen and oxygen atoms in total. The molecule has 0 atom stereocenters. The Hall–Kier alpha value is -2.58. The molecule has 30 heavy (non-hydrogen) atoms. The van der Waals surface area contributed by atoms with Crippen molar-refractivity contribution in [1.82, 2.24) is 0 Å². The molecular formula is C21H18Cl2N2O4S. The van der Waals surface area contributed by atoms with E-state index < -0.39 is 10.0 Å². The summed E-state index contributed by atoms with van der Waals surface area (Å²) in [5.74, 6) is 0.00384. The lowest BCUT2D eigenvalue weighted by atomic mass is 10.1.